The number of nitrogens with two attached hydrogens (primary N) is 1. The highest BCUT2D eigenvalue weighted by Crippen LogP contribution is 1.98. The van der Waals surface area contributed by atoms with E-state index in [0.29, 0.717) is 6.54 Å². The van der Waals surface area contributed by atoms with E-state index in [-0.39, 0.29) is 12.5 Å². The van der Waals surface area contributed by atoms with E-state index in [1.54, 1.807) is 6.26 Å². The van der Waals surface area contributed by atoms with Crippen LogP contribution in [0.3, 0.4) is 0 Å². The third-order valence-electron chi connectivity index (χ3n) is 1.43. The minimum atomic E-state index is -0.338. The van der Waals surface area contributed by atoms with Crippen LogP contribution < -0.4 is 11.1 Å². The lowest BCUT2D eigenvalue weighted by atomic mass is 10.3. The van der Waals surface area contributed by atoms with Gasteiger partial charge in [-0.2, -0.15) is 0 Å². The van der Waals surface area contributed by atoms with E-state index in [1.165, 1.54) is 0 Å². The van der Waals surface area contributed by atoms with Crippen LogP contribution in [0.5, 0.6) is 0 Å². The van der Waals surface area contributed by atoms with Crippen LogP contribution in [0, 0.1) is 0 Å². The van der Waals surface area contributed by atoms with E-state index in [4.69, 9.17) is 10.2 Å². The van der Waals surface area contributed by atoms with Gasteiger partial charge in [0.1, 0.15) is 5.76 Å². The fraction of sp³-hybridized carbons (Fsp3) is 0.375. The normalized spacial score (nSPS) is 10.0. The van der Waals surface area contributed by atoms with E-state index in [0.717, 1.165) is 12.2 Å². The zero-order chi connectivity index (χ0) is 8.81. The van der Waals surface area contributed by atoms with Gasteiger partial charge in [0.25, 0.3) is 0 Å². The Bertz CT molecular complexity index is 231. The predicted molar refractivity (Wildman–Crippen MR) is 44.5 cm³/mol. The molecule has 0 saturated heterocycles. The molecule has 4 heteroatoms. The zero-order valence-electron chi connectivity index (χ0n) is 6.75. The van der Waals surface area contributed by atoms with E-state index >= 15 is 0 Å². The number of carbonyl (C=O) groups excluding carboxylic acids is 1. The van der Waals surface area contributed by atoms with Gasteiger partial charge in [-0.3, -0.25) is 4.79 Å². The molecule has 0 bridgehead atoms. The SMILES string of the molecule is NC(=O)CNCCc1ccco1. The van der Waals surface area contributed by atoms with Gasteiger partial charge in [-0.25, -0.2) is 0 Å². The number of furan rings is 1. The lowest BCUT2D eigenvalue weighted by Gasteiger charge is -1.98. The van der Waals surface area contributed by atoms with Crippen molar-refractivity contribution in [3.05, 3.63) is 24.2 Å². The van der Waals surface area contributed by atoms with Crippen molar-refractivity contribution in [3.63, 3.8) is 0 Å². The van der Waals surface area contributed by atoms with Gasteiger partial charge in [-0.05, 0) is 12.1 Å². The monoisotopic (exact) mass is 168 g/mol. The lowest BCUT2D eigenvalue weighted by molar-refractivity contribution is -0.117. The molecule has 0 radical (unpaired) electrons. The minimum absolute atomic E-state index is 0.223. The average Bonchev–Trinajstić information content (AvgIpc) is 2.49. The molecule has 1 heterocycles. The van der Waals surface area contributed by atoms with E-state index in [2.05, 4.69) is 5.32 Å². The minimum Gasteiger partial charge on any atom is -0.469 e. The van der Waals surface area contributed by atoms with Crippen LogP contribution in [0.25, 0.3) is 0 Å². The molecule has 0 aliphatic rings. The Hall–Kier alpha value is -1.29. The van der Waals surface area contributed by atoms with Gasteiger partial charge >= 0.3 is 0 Å². The molecule has 1 aromatic heterocycles. The topological polar surface area (TPSA) is 68.3 Å². The van der Waals surface area contributed by atoms with Crippen molar-refractivity contribution in [2.24, 2.45) is 5.73 Å². The van der Waals surface area contributed by atoms with Crippen molar-refractivity contribution in [1.29, 1.82) is 0 Å². The Morgan fingerprint density at radius 1 is 1.67 bits per heavy atom. The van der Waals surface area contributed by atoms with E-state index in [1.807, 2.05) is 12.1 Å². The number of amides is 1. The molecule has 0 atom stereocenters. The summed E-state index contributed by atoms with van der Waals surface area (Å²) >= 11 is 0. The molecule has 66 valence electrons. The Labute approximate surface area is 70.7 Å². The molecular weight excluding hydrogens is 156 g/mol. The average molecular weight is 168 g/mol. The van der Waals surface area contributed by atoms with Gasteiger partial charge in [-0.1, -0.05) is 0 Å². The van der Waals surface area contributed by atoms with Crippen molar-refractivity contribution in [2.75, 3.05) is 13.1 Å². The van der Waals surface area contributed by atoms with Crippen molar-refractivity contribution in [1.82, 2.24) is 5.32 Å². The Balaban J connectivity index is 2.07. The second-order valence-corrected chi connectivity index (χ2v) is 2.47. The van der Waals surface area contributed by atoms with Crippen LogP contribution >= 0.6 is 0 Å². The first-order chi connectivity index (χ1) is 5.79. The molecule has 4 nitrogen and oxygen atoms in total. The van der Waals surface area contributed by atoms with Gasteiger partial charge in [-0.15, -0.1) is 0 Å². The molecule has 0 spiro atoms. The largest absolute Gasteiger partial charge is 0.469 e. The predicted octanol–water partition coefficient (Wildman–Crippen LogP) is -0.103. The Kier molecular flexibility index (Phi) is 3.35. The van der Waals surface area contributed by atoms with Crippen LogP contribution in [0.4, 0.5) is 0 Å². The van der Waals surface area contributed by atoms with Gasteiger partial charge in [0.05, 0.1) is 12.8 Å². The van der Waals surface area contributed by atoms with Crippen LogP contribution in [0.2, 0.25) is 0 Å². The highest BCUT2D eigenvalue weighted by molar-refractivity contribution is 5.75. The molecule has 0 saturated carbocycles. The van der Waals surface area contributed by atoms with E-state index in [9.17, 15) is 4.79 Å². The summed E-state index contributed by atoms with van der Waals surface area (Å²) in [4.78, 5) is 10.3. The fourth-order valence-corrected chi connectivity index (χ4v) is 0.878. The summed E-state index contributed by atoms with van der Waals surface area (Å²) in [7, 11) is 0. The maximum atomic E-state index is 10.3. The third kappa shape index (κ3) is 3.21. The first-order valence-electron chi connectivity index (χ1n) is 3.80. The number of primary amides is 1. The molecule has 0 unspecified atom stereocenters. The van der Waals surface area contributed by atoms with Crippen molar-refractivity contribution < 1.29 is 9.21 Å². The maximum absolute atomic E-state index is 10.3. The highest BCUT2D eigenvalue weighted by atomic mass is 16.3. The number of rotatable bonds is 5. The molecule has 1 rings (SSSR count). The Morgan fingerprint density at radius 2 is 2.50 bits per heavy atom. The molecule has 0 aromatic carbocycles. The number of carbonyl (C=O) groups is 1. The van der Waals surface area contributed by atoms with Crippen LogP contribution in [-0.4, -0.2) is 19.0 Å². The first kappa shape index (κ1) is 8.80. The number of hydrogen-bond donors (Lipinski definition) is 2. The van der Waals surface area contributed by atoms with Crippen LogP contribution in [0.1, 0.15) is 5.76 Å². The van der Waals surface area contributed by atoms with Crippen molar-refractivity contribution >= 4 is 5.91 Å². The lowest BCUT2D eigenvalue weighted by Crippen LogP contribution is -2.29. The van der Waals surface area contributed by atoms with Crippen LogP contribution in [0.15, 0.2) is 22.8 Å². The summed E-state index contributed by atoms with van der Waals surface area (Å²) in [5.74, 6) is 0.571. The quantitative estimate of drug-likeness (QED) is 0.603. The summed E-state index contributed by atoms with van der Waals surface area (Å²) in [6.45, 7) is 0.928. The molecule has 0 aliphatic heterocycles. The van der Waals surface area contributed by atoms with Gasteiger partial charge in [0, 0.05) is 13.0 Å². The smallest absolute Gasteiger partial charge is 0.231 e. The molecule has 1 aromatic rings. The van der Waals surface area contributed by atoms with Crippen LogP contribution in [-0.2, 0) is 11.2 Å². The van der Waals surface area contributed by atoms with Crippen molar-refractivity contribution in [2.45, 2.75) is 6.42 Å². The summed E-state index contributed by atoms with van der Waals surface area (Å²) in [5.41, 5.74) is 4.93. The summed E-state index contributed by atoms with van der Waals surface area (Å²) in [6.07, 6.45) is 2.41. The molecule has 0 fully saturated rings. The number of nitrogens with one attached hydrogen (secondary N) is 1. The molecule has 1 amide bonds. The summed E-state index contributed by atoms with van der Waals surface area (Å²) in [5, 5.41) is 2.89. The zero-order valence-corrected chi connectivity index (χ0v) is 6.75. The van der Waals surface area contributed by atoms with Crippen molar-refractivity contribution in [3.8, 4) is 0 Å². The fourth-order valence-electron chi connectivity index (χ4n) is 0.878. The molecule has 0 aliphatic carbocycles. The molecule has 12 heavy (non-hydrogen) atoms. The van der Waals surface area contributed by atoms with Gasteiger partial charge in [0.15, 0.2) is 0 Å². The second kappa shape index (κ2) is 4.56. The first-order valence-corrected chi connectivity index (χ1v) is 3.80. The van der Waals surface area contributed by atoms with E-state index < -0.39 is 0 Å². The second-order valence-electron chi connectivity index (χ2n) is 2.47. The third-order valence-corrected chi connectivity index (χ3v) is 1.43. The van der Waals surface area contributed by atoms with Gasteiger partial charge < -0.3 is 15.5 Å². The maximum Gasteiger partial charge on any atom is 0.231 e. The Morgan fingerprint density at radius 3 is 3.08 bits per heavy atom. The number of hydrogen-bond acceptors (Lipinski definition) is 3. The van der Waals surface area contributed by atoms with Gasteiger partial charge in [0.2, 0.25) is 5.91 Å². The molecular formula is C8H12N2O2. The molecule has 3 N–H and O–H groups in total. The summed E-state index contributed by atoms with van der Waals surface area (Å²) < 4.78 is 5.08. The highest BCUT2D eigenvalue weighted by Gasteiger charge is 1.95. The standard InChI is InChI=1S/C8H12N2O2/c9-8(11)6-10-4-3-7-2-1-5-12-7/h1-2,5,10H,3-4,6H2,(H2,9,11). The summed E-state index contributed by atoms with van der Waals surface area (Å²) in [6, 6.07) is 3.73.